The fraction of sp³-hybridized carbons (Fsp3) is 0.364. The molecule has 1 aliphatic heterocycles. The third-order valence-electron chi connectivity index (χ3n) is 4.85. The Kier molecular flexibility index (Phi) is 7.49. The predicted octanol–water partition coefficient (Wildman–Crippen LogP) is 4.19. The third-order valence-corrected chi connectivity index (χ3v) is 5.22. The molecule has 154 valence electrons. The van der Waals surface area contributed by atoms with Crippen LogP contribution in [0.4, 0.5) is 10.5 Å². The lowest BCUT2D eigenvalue weighted by Gasteiger charge is -2.32. The molecule has 3 rings (SSSR count). The molecule has 1 heterocycles. The van der Waals surface area contributed by atoms with Gasteiger partial charge in [-0.25, -0.2) is 9.80 Å². The fourth-order valence-electron chi connectivity index (χ4n) is 3.29. The van der Waals surface area contributed by atoms with Crippen LogP contribution in [0.15, 0.2) is 48.5 Å². The van der Waals surface area contributed by atoms with Crippen LogP contribution in [-0.4, -0.2) is 36.2 Å². The highest BCUT2D eigenvalue weighted by Gasteiger charge is 2.24. The Morgan fingerprint density at radius 1 is 1.17 bits per heavy atom. The van der Waals surface area contributed by atoms with Crippen molar-refractivity contribution in [1.29, 1.82) is 0 Å². The van der Waals surface area contributed by atoms with Crippen molar-refractivity contribution >= 4 is 29.3 Å². The van der Waals surface area contributed by atoms with Crippen LogP contribution in [0, 0.1) is 0 Å². The van der Waals surface area contributed by atoms with E-state index in [0.29, 0.717) is 23.8 Å². The molecular formula is C22H26ClN3O3. The molecule has 0 saturated carbocycles. The number of nitrogens with zero attached hydrogens (tertiary/aromatic N) is 1. The SMILES string of the molecule is CCc1ccc(NC(=O)O[C@@H]2CCCN(NC(=O)Cc3ccccc3Cl)C2)cc1. The van der Waals surface area contributed by atoms with Crippen LogP contribution < -0.4 is 10.7 Å². The third kappa shape index (κ3) is 6.48. The van der Waals surface area contributed by atoms with Gasteiger partial charge in [-0.2, -0.15) is 0 Å². The van der Waals surface area contributed by atoms with Crippen LogP contribution in [0.25, 0.3) is 0 Å². The van der Waals surface area contributed by atoms with Gasteiger partial charge in [0.2, 0.25) is 5.91 Å². The van der Waals surface area contributed by atoms with E-state index in [0.717, 1.165) is 24.8 Å². The number of rotatable bonds is 6. The summed E-state index contributed by atoms with van der Waals surface area (Å²) in [6.45, 7) is 3.25. The van der Waals surface area contributed by atoms with Gasteiger partial charge in [0.15, 0.2) is 0 Å². The van der Waals surface area contributed by atoms with E-state index in [9.17, 15) is 9.59 Å². The maximum Gasteiger partial charge on any atom is 0.411 e. The second-order valence-electron chi connectivity index (χ2n) is 7.09. The Labute approximate surface area is 176 Å². The summed E-state index contributed by atoms with van der Waals surface area (Å²) in [5.41, 5.74) is 5.58. The first-order valence-electron chi connectivity index (χ1n) is 9.88. The maximum atomic E-state index is 12.3. The van der Waals surface area contributed by atoms with Crippen LogP contribution in [0.5, 0.6) is 0 Å². The van der Waals surface area contributed by atoms with Crippen molar-refractivity contribution in [2.75, 3.05) is 18.4 Å². The zero-order valence-electron chi connectivity index (χ0n) is 16.5. The van der Waals surface area contributed by atoms with E-state index in [1.165, 1.54) is 5.56 Å². The Bertz CT molecular complexity index is 841. The zero-order valence-corrected chi connectivity index (χ0v) is 17.2. The number of carbonyl (C=O) groups is 2. The number of ether oxygens (including phenoxy) is 1. The van der Waals surface area contributed by atoms with Crippen molar-refractivity contribution < 1.29 is 14.3 Å². The lowest BCUT2D eigenvalue weighted by molar-refractivity contribution is -0.126. The number of amides is 2. The molecule has 7 heteroatoms. The smallest absolute Gasteiger partial charge is 0.411 e. The molecular weight excluding hydrogens is 390 g/mol. The summed E-state index contributed by atoms with van der Waals surface area (Å²) >= 11 is 6.12. The van der Waals surface area contributed by atoms with E-state index in [1.54, 1.807) is 11.1 Å². The average Bonchev–Trinajstić information content (AvgIpc) is 2.70. The summed E-state index contributed by atoms with van der Waals surface area (Å²) in [4.78, 5) is 24.5. The molecule has 1 saturated heterocycles. The molecule has 1 fully saturated rings. The number of piperidine rings is 1. The summed E-state index contributed by atoms with van der Waals surface area (Å²) in [6.07, 6.45) is 1.98. The molecule has 0 unspecified atom stereocenters. The summed E-state index contributed by atoms with van der Waals surface area (Å²) in [6, 6.07) is 15.0. The van der Waals surface area contributed by atoms with Crippen LogP contribution in [-0.2, 0) is 22.4 Å². The Morgan fingerprint density at radius 2 is 1.93 bits per heavy atom. The topological polar surface area (TPSA) is 70.7 Å². The lowest BCUT2D eigenvalue weighted by Crippen LogP contribution is -2.50. The average molecular weight is 416 g/mol. The van der Waals surface area contributed by atoms with Gasteiger partial charge in [0, 0.05) is 17.3 Å². The van der Waals surface area contributed by atoms with Crippen LogP contribution in [0.3, 0.4) is 0 Å². The molecule has 2 N–H and O–H groups in total. The largest absolute Gasteiger partial charge is 0.445 e. The van der Waals surface area contributed by atoms with Gasteiger partial charge in [0.25, 0.3) is 0 Å². The molecule has 0 aliphatic carbocycles. The van der Waals surface area contributed by atoms with Gasteiger partial charge in [-0.1, -0.05) is 48.9 Å². The van der Waals surface area contributed by atoms with Gasteiger partial charge in [-0.05, 0) is 48.6 Å². The van der Waals surface area contributed by atoms with Crippen molar-refractivity contribution in [3.8, 4) is 0 Å². The van der Waals surface area contributed by atoms with E-state index >= 15 is 0 Å². The van der Waals surface area contributed by atoms with Gasteiger partial charge in [-0.15, -0.1) is 0 Å². The van der Waals surface area contributed by atoms with Gasteiger partial charge in [-0.3, -0.25) is 15.5 Å². The molecule has 0 radical (unpaired) electrons. The monoisotopic (exact) mass is 415 g/mol. The van der Waals surface area contributed by atoms with Gasteiger partial charge in [0.05, 0.1) is 13.0 Å². The minimum absolute atomic E-state index is 0.140. The summed E-state index contributed by atoms with van der Waals surface area (Å²) < 4.78 is 5.54. The molecule has 0 spiro atoms. The second kappa shape index (κ2) is 10.3. The molecule has 2 amide bonds. The van der Waals surface area contributed by atoms with Gasteiger partial charge < -0.3 is 4.74 Å². The Balaban J connectivity index is 1.46. The Hall–Kier alpha value is -2.57. The number of anilines is 1. The van der Waals surface area contributed by atoms with Crippen LogP contribution in [0.2, 0.25) is 5.02 Å². The lowest BCUT2D eigenvalue weighted by atomic mass is 10.1. The van der Waals surface area contributed by atoms with Crippen molar-refractivity contribution in [2.24, 2.45) is 0 Å². The summed E-state index contributed by atoms with van der Waals surface area (Å²) in [5, 5.41) is 5.13. The standard InChI is InChI=1S/C22H26ClN3O3/c1-2-16-9-11-18(12-10-16)24-22(28)29-19-7-5-13-26(15-19)25-21(27)14-17-6-3-4-8-20(17)23/h3-4,6,8-12,19H,2,5,7,13-15H2,1H3,(H,24,28)(H,25,27)/t19-/m1/s1. The predicted molar refractivity (Wildman–Crippen MR) is 114 cm³/mol. The first-order chi connectivity index (χ1) is 14.0. The Morgan fingerprint density at radius 3 is 2.66 bits per heavy atom. The molecule has 0 bridgehead atoms. The molecule has 2 aromatic rings. The second-order valence-corrected chi connectivity index (χ2v) is 7.50. The maximum absolute atomic E-state index is 12.3. The number of benzene rings is 2. The highest BCUT2D eigenvalue weighted by molar-refractivity contribution is 6.31. The van der Waals surface area contributed by atoms with Crippen LogP contribution in [0.1, 0.15) is 30.9 Å². The summed E-state index contributed by atoms with van der Waals surface area (Å²) in [5.74, 6) is -0.140. The van der Waals surface area contributed by atoms with Crippen molar-refractivity contribution in [2.45, 2.75) is 38.7 Å². The number of hydrogen-bond acceptors (Lipinski definition) is 4. The van der Waals surface area contributed by atoms with E-state index < -0.39 is 6.09 Å². The summed E-state index contributed by atoms with van der Waals surface area (Å²) in [7, 11) is 0. The van der Waals surface area contributed by atoms with E-state index in [1.807, 2.05) is 42.5 Å². The minimum atomic E-state index is -0.483. The highest BCUT2D eigenvalue weighted by atomic mass is 35.5. The number of aryl methyl sites for hydroxylation is 1. The first-order valence-corrected chi connectivity index (χ1v) is 10.3. The number of hydrazine groups is 1. The minimum Gasteiger partial charge on any atom is -0.445 e. The molecule has 0 aromatic heterocycles. The number of carbonyl (C=O) groups excluding carboxylic acids is 2. The normalized spacial score (nSPS) is 16.8. The van der Waals surface area contributed by atoms with Crippen LogP contribution >= 0.6 is 11.6 Å². The zero-order chi connectivity index (χ0) is 20.6. The fourth-order valence-corrected chi connectivity index (χ4v) is 3.49. The molecule has 29 heavy (non-hydrogen) atoms. The molecule has 1 atom stereocenters. The van der Waals surface area contributed by atoms with Gasteiger partial charge >= 0.3 is 6.09 Å². The van der Waals surface area contributed by atoms with Crippen molar-refractivity contribution in [3.05, 3.63) is 64.7 Å². The van der Waals surface area contributed by atoms with Gasteiger partial charge in [0.1, 0.15) is 6.10 Å². The van der Waals surface area contributed by atoms with Crippen molar-refractivity contribution in [3.63, 3.8) is 0 Å². The molecule has 1 aliphatic rings. The van der Waals surface area contributed by atoms with Crippen molar-refractivity contribution in [1.82, 2.24) is 10.4 Å². The van der Waals surface area contributed by atoms with E-state index in [-0.39, 0.29) is 18.4 Å². The molecule has 6 nitrogen and oxygen atoms in total. The van der Waals surface area contributed by atoms with E-state index in [2.05, 4.69) is 17.7 Å². The number of hydrogen-bond donors (Lipinski definition) is 2. The first kappa shape index (κ1) is 21.1. The molecule has 2 aromatic carbocycles. The quantitative estimate of drug-likeness (QED) is 0.742. The number of nitrogens with one attached hydrogen (secondary N) is 2. The number of halogens is 1. The highest BCUT2D eigenvalue weighted by Crippen LogP contribution is 2.17. The van der Waals surface area contributed by atoms with E-state index in [4.69, 9.17) is 16.3 Å².